The Morgan fingerprint density at radius 1 is 1.40 bits per heavy atom. The molecule has 0 saturated carbocycles. The molecule has 5 heteroatoms. The zero-order chi connectivity index (χ0) is 13.9. The van der Waals surface area contributed by atoms with Crippen LogP contribution in [0.4, 0.5) is 0 Å². The maximum Gasteiger partial charge on any atom is 0.320 e. The lowest BCUT2D eigenvalue weighted by Crippen LogP contribution is -2.38. The average Bonchev–Trinajstić information content (AvgIpc) is 3.12. The summed E-state index contributed by atoms with van der Waals surface area (Å²) in [6.45, 7) is 0.821. The average molecular weight is 288 g/mol. The van der Waals surface area contributed by atoms with Crippen LogP contribution < -0.4 is 0 Å². The lowest BCUT2D eigenvalue weighted by Gasteiger charge is -2.30. The monoisotopic (exact) mass is 288 g/mol. The normalized spacial score (nSPS) is 20.9. The number of pyridine rings is 1. The van der Waals surface area contributed by atoms with Crippen LogP contribution in [0.1, 0.15) is 29.3 Å². The molecule has 1 fully saturated rings. The van der Waals surface area contributed by atoms with E-state index in [1.165, 1.54) is 4.88 Å². The molecular formula is C15H16N2O2S. The first-order valence-corrected chi connectivity index (χ1v) is 7.57. The first-order valence-electron chi connectivity index (χ1n) is 6.69. The Bertz CT molecular complexity index is 571. The van der Waals surface area contributed by atoms with E-state index >= 15 is 0 Å². The highest BCUT2D eigenvalue weighted by atomic mass is 32.1. The van der Waals surface area contributed by atoms with Crippen LogP contribution >= 0.6 is 11.3 Å². The third-order valence-electron chi connectivity index (χ3n) is 3.75. The van der Waals surface area contributed by atoms with Gasteiger partial charge < -0.3 is 5.11 Å². The molecule has 104 valence electrons. The lowest BCUT2D eigenvalue weighted by molar-refractivity contribution is -0.142. The molecular weight excluding hydrogens is 272 g/mol. The molecule has 0 amide bonds. The van der Waals surface area contributed by atoms with Crippen LogP contribution in [0.25, 0.3) is 0 Å². The molecule has 0 bridgehead atoms. The van der Waals surface area contributed by atoms with E-state index in [-0.39, 0.29) is 6.04 Å². The molecule has 2 atom stereocenters. The van der Waals surface area contributed by atoms with Crippen LogP contribution in [0.5, 0.6) is 0 Å². The predicted octanol–water partition coefficient (Wildman–Crippen LogP) is 2.78. The fraction of sp³-hybridized carbons (Fsp3) is 0.333. The number of carboxylic acids is 1. The summed E-state index contributed by atoms with van der Waals surface area (Å²) in [7, 11) is 0. The Kier molecular flexibility index (Phi) is 3.80. The Morgan fingerprint density at radius 3 is 2.85 bits per heavy atom. The van der Waals surface area contributed by atoms with Crippen molar-refractivity contribution in [2.24, 2.45) is 0 Å². The summed E-state index contributed by atoms with van der Waals surface area (Å²) < 4.78 is 0. The highest BCUT2D eigenvalue weighted by molar-refractivity contribution is 7.10. The third kappa shape index (κ3) is 2.46. The lowest BCUT2D eigenvalue weighted by atomic mass is 10.0. The molecule has 1 N–H and O–H groups in total. The second-order valence-electron chi connectivity index (χ2n) is 4.93. The summed E-state index contributed by atoms with van der Waals surface area (Å²) in [4.78, 5) is 18.8. The zero-order valence-electron chi connectivity index (χ0n) is 11.0. The molecule has 0 spiro atoms. The number of hydrogen-bond acceptors (Lipinski definition) is 4. The zero-order valence-corrected chi connectivity index (χ0v) is 11.8. The molecule has 20 heavy (non-hydrogen) atoms. The first-order chi connectivity index (χ1) is 9.77. The second kappa shape index (κ2) is 5.73. The summed E-state index contributed by atoms with van der Waals surface area (Å²) in [5.74, 6) is -0.724. The molecule has 3 heterocycles. The van der Waals surface area contributed by atoms with E-state index in [4.69, 9.17) is 0 Å². The number of carboxylic acid groups (broad SMARTS) is 1. The fourth-order valence-electron chi connectivity index (χ4n) is 2.88. The van der Waals surface area contributed by atoms with E-state index in [1.807, 2.05) is 23.6 Å². The second-order valence-corrected chi connectivity index (χ2v) is 5.91. The summed E-state index contributed by atoms with van der Waals surface area (Å²) in [6, 6.07) is 7.66. The molecule has 1 saturated heterocycles. The van der Waals surface area contributed by atoms with Gasteiger partial charge in [-0.3, -0.25) is 14.7 Å². The van der Waals surface area contributed by atoms with Crippen LogP contribution in [0.15, 0.2) is 42.0 Å². The Labute approximate surface area is 121 Å². The minimum atomic E-state index is -0.724. The molecule has 2 aromatic rings. The maximum absolute atomic E-state index is 11.5. The number of nitrogens with zero attached hydrogens (tertiary/aromatic N) is 2. The molecule has 2 aromatic heterocycles. The van der Waals surface area contributed by atoms with Crippen molar-refractivity contribution < 1.29 is 9.90 Å². The molecule has 4 nitrogen and oxygen atoms in total. The van der Waals surface area contributed by atoms with Gasteiger partial charge in [-0.15, -0.1) is 11.3 Å². The van der Waals surface area contributed by atoms with Gasteiger partial charge in [0.2, 0.25) is 0 Å². The fourth-order valence-corrected chi connectivity index (χ4v) is 3.75. The smallest absolute Gasteiger partial charge is 0.320 e. The largest absolute Gasteiger partial charge is 0.480 e. The van der Waals surface area contributed by atoms with Gasteiger partial charge >= 0.3 is 5.97 Å². The summed E-state index contributed by atoms with van der Waals surface area (Å²) in [6.07, 6.45) is 5.19. The van der Waals surface area contributed by atoms with Crippen molar-refractivity contribution in [3.63, 3.8) is 0 Å². The van der Waals surface area contributed by atoms with Crippen LogP contribution in [-0.4, -0.2) is 33.5 Å². The molecule has 1 aliphatic rings. The van der Waals surface area contributed by atoms with Crippen molar-refractivity contribution in [1.82, 2.24) is 9.88 Å². The van der Waals surface area contributed by atoms with E-state index in [1.54, 1.807) is 23.7 Å². The van der Waals surface area contributed by atoms with Gasteiger partial charge in [-0.2, -0.15) is 0 Å². The minimum Gasteiger partial charge on any atom is -0.480 e. The number of thiophene rings is 1. The van der Waals surface area contributed by atoms with Crippen molar-refractivity contribution in [3.8, 4) is 0 Å². The topological polar surface area (TPSA) is 53.4 Å². The van der Waals surface area contributed by atoms with Gasteiger partial charge in [-0.25, -0.2) is 0 Å². The first kappa shape index (κ1) is 13.3. The van der Waals surface area contributed by atoms with E-state index in [0.717, 1.165) is 24.9 Å². The number of carbonyl (C=O) groups is 1. The summed E-state index contributed by atoms with van der Waals surface area (Å²) >= 11 is 1.67. The van der Waals surface area contributed by atoms with Crippen molar-refractivity contribution in [2.45, 2.75) is 24.9 Å². The maximum atomic E-state index is 11.5. The highest BCUT2D eigenvalue weighted by Gasteiger charge is 2.37. The third-order valence-corrected chi connectivity index (χ3v) is 4.67. The standard InChI is InChI=1S/C15H16N2O2S/c18-15(19)12-3-1-9-17(12)14(13-4-2-10-20-13)11-5-7-16-8-6-11/h2,4-8,10,12,14H,1,3,9H2,(H,18,19). The van der Waals surface area contributed by atoms with Gasteiger partial charge in [0.1, 0.15) is 6.04 Å². The predicted molar refractivity (Wildman–Crippen MR) is 77.8 cm³/mol. The van der Waals surface area contributed by atoms with E-state index in [2.05, 4.69) is 16.0 Å². The van der Waals surface area contributed by atoms with Gasteiger partial charge in [0.25, 0.3) is 0 Å². The summed E-state index contributed by atoms with van der Waals surface area (Å²) in [5.41, 5.74) is 1.11. The quantitative estimate of drug-likeness (QED) is 0.940. The molecule has 2 unspecified atom stereocenters. The number of aromatic nitrogens is 1. The molecule has 3 rings (SSSR count). The SMILES string of the molecule is O=C(O)C1CCCN1C(c1ccncc1)c1cccs1. The van der Waals surface area contributed by atoms with Gasteiger partial charge in [-0.05, 0) is 42.0 Å². The highest BCUT2D eigenvalue weighted by Crippen LogP contribution is 2.36. The van der Waals surface area contributed by atoms with Crippen LogP contribution in [-0.2, 0) is 4.79 Å². The number of likely N-dealkylation sites (tertiary alicyclic amines) is 1. The molecule has 0 aliphatic carbocycles. The molecule has 1 aliphatic heterocycles. The van der Waals surface area contributed by atoms with Crippen molar-refractivity contribution in [3.05, 3.63) is 52.5 Å². The Balaban J connectivity index is 2.00. The van der Waals surface area contributed by atoms with Crippen LogP contribution in [0.2, 0.25) is 0 Å². The number of hydrogen-bond donors (Lipinski definition) is 1. The van der Waals surface area contributed by atoms with E-state index < -0.39 is 12.0 Å². The van der Waals surface area contributed by atoms with Crippen molar-refractivity contribution >= 4 is 17.3 Å². The Hall–Kier alpha value is -1.72. The van der Waals surface area contributed by atoms with E-state index in [0.29, 0.717) is 0 Å². The number of aliphatic carboxylic acids is 1. The Morgan fingerprint density at radius 2 is 2.20 bits per heavy atom. The van der Waals surface area contributed by atoms with Gasteiger partial charge in [0, 0.05) is 23.8 Å². The van der Waals surface area contributed by atoms with Crippen LogP contribution in [0, 0.1) is 0 Å². The van der Waals surface area contributed by atoms with Gasteiger partial charge in [0.15, 0.2) is 0 Å². The molecule has 0 radical (unpaired) electrons. The van der Waals surface area contributed by atoms with Crippen molar-refractivity contribution in [2.75, 3.05) is 6.54 Å². The van der Waals surface area contributed by atoms with E-state index in [9.17, 15) is 9.90 Å². The van der Waals surface area contributed by atoms with Crippen molar-refractivity contribution in [1.29, 1.82) is 0 Å². The number of rotatable bonds is 4. The summed E-state index contributed by atoms with van der Waals surface area (Å²) in [5, 5.41) is 11.5. The van der Waals surface area contributed by atoms with Gasteiger partial charge in [0.05, 0.1) is 6.04 Å². The minimum absolute atomic E-state index is 0.0154. The molecule has 0 aromatic carbocycles. The van der Waals surface area contributed by atoms with Gasteiger partial charge in [-0.1, -0.05) is 6.07 Å². The van der Waals surface area contributed by atoms with Crippen LogP contribution in [0.3, 0.4) is 0 Å².